The molecule has 1 atom stereocenters. The number of ether oxygens (including phenoxy) is 1. The van der Waals surface area contributed by atoms with Crippen LogP contribution < -0.4 is 10.1 Å². The quantitative estimate of drug-likeness (QED) is 0.892. The Morgan fingerprint density at radius 1 is 1.30 bits per heavy atom. The third-order valence-corrected chi connectivity index (χ3v) is 3.36. The molecule has 2 rings (SSSR count). The predicted octanol–water partition coefficient (Wildman–Crippen LogP) is 1.91. The number of nitrogens with one attached hydrogen (secondary N) is 1. The molecule has 1 heterocycles. The number of hydrogen-bond acceptors (Lipinski definition) is 4. The van der Waals surface area contributed by atoms with E-state index < -0.39 is 18.0 Å². The van der Waals surface area contributed by atoms with Gasteiger partial charge in [0.1, 0.15) is 17.5 Å². The summed E-state index contributed by atoms with van der Waals surface area (Å²) in [6.45, 7) is 1.58. The van der Waals surface area contributed by atoms with Crippen LogP contribution in [0.2, 0.25) is 0 Å². The number of piperazine rings is 1. The summed E-state index contributed by atoms with van der Waals surface area (Å²) in [7, 11) is 1.39. The van der Waals surface area contributed by atoms with Gasteiger partial charge in [0.2, 0.25) is 0 Å². The zero-order valence-electron chi connectivity index (χ0n) is 11.1. The van der Waals surface area contributed by atoms with Crippen molar-refractivity contribution in [2.45, 2.75) is 12.2 Å². The predicted molar refractivity (Wildman–Crippen MR) is 67.9 cm³/mol. The van der Waals surface area contributed by atoms with E-state index in [4.69, 9.17) is 4.74 Å². The molecule has 0 unspecified atom stereocenters. The van der Waals surface area contributed by atoms with Crippen molar-refractivity contribution in [3.8, 4) is 11.5 Å². The lowest BCUT2D eigenvalue weighted by atomic mass is 10.0. The highest BCUT2D eigenvalue weighted by Gasteiger charge is 2.46. The minimum absolute atomic E-state index is 0.139. The van der Waals surface area contributed by atoms with Crippen LogP contribution in [0.3, 0.4) is 0 Å². The Morgan fingerprint density at radius 2 is 1.95 bits per heavy atom. The number of rotatable bonds is 3. The van der Waals surface area contributed by atoms with Gasteiger partial charge in [-0.3, -0.25) is 4.90 Å². The maximum Gasteiger partial charge on any atom is 0.408 e. The van der Waals surface area contributed by atoms with Crippen molar-refractivity contribution in [2.75, 3.05) is 33.3 Å². The van der Waals surface area contributed by atoms with Gasteiger partial charge in [-0.2, -0.15) is 13.2 Å². The largest absolute Gasteiger partial charge is 0.507 e. The Bertz CT molecular complexity index is 459. The Kier molecular flexibility index (Phi) is 4.39. The highest BCUT2D eigenvalue weighted by atomic mass is 19.4. The molecule has 112 valence electrons. The fourth-order valence-electron chi connectivity index (χ4n) is 2.40. The fourth-order valence-corrected chi connectivity index (χ4v) is 2.40. The average molecular weight is 290 g/mol. The number of halogens is 3. The van der Waals surface area contributed by atoms with Crippen LogP contribution in [0.1, 0.15) is 11.6 Å². The highest BCUT2D eigenvalue weighted by molar-refractivity contribution is 5.42. The van der Waals surface area contributed by atoms with E-state index in [-0.39, 0.29) is 18.7 Å². The molecule has 1 fully saturated rings. The van der Waals surface area contributed by atoms with Gasteiger partial charge in [0.25, 0.3) is 0 Å². The second-order valence-electron chi connectivity index (χ2n) is 4.65. The number of phenolic OH excluding ortho intramolecular Hbond substituents is 1. The standard InChI is InChI=1S/C13H17F3N2O2/c1-20-9-2-3-10(11(19)8-9)12(13(14,15)16)18-6-4-17-5-7-18/h2-3,8,12,17,19H,4-7H2,1H3/t12-/m1/s1. The zero-order valence-corrected chi connectivity index (χ0v) is 11.1. The normalized spacial score (nSPS) is 18.8. The zero-order chi connectivity index (χ0) is 14.8. The van der Waals surface area contributed by atoms with E-state index in [9.17, 15) is 18.3 Å². The van der Waals surface area contributed by atoms with Crippen LogP contribution in [0.5, 0.6) is 11.5 Å². The van der Waals surface area contributed by atoms with Gasteiger partial charge in [-0.15, -0.1) is 0 Å². The smallest absolute Gasteiger partial charge is 0.408 e. The lowest BCUT2D eigenvalue weighted by Crippen LogP contribution is -2.49. The molecule has 1 aromatic rings. The van der Waals surface area contributed by atoms with Crippen molar-refractivity contribution in [1.82, 2.24) is 10.2 Å². The van der Waals surface area contributed by atoms with E-state index in [1.807, 2.05) is 0 Å². The SMILES string of the molecule is COc1ccc([C@@H](N2CCNCC2)C(F)(F)F)c(O)c1. The molecule has 0 aromatic heterocycles. The van der Waals surface area contributed by atoms with Gasteiger partial charge >= 0.3 is 6.18 Å². The van der Waals surface area contributed by atoms with Crippen molar-refractivity contribution in [2.24, 2.45) is 0 Å². The molecule has 0 bridgehead atoms. The molecule has 1 aliphatic heterocycles. The van der Waals surface area contributed by atoms with Gasteiger partial charge in [0.15, 0.2) is 0 Å². The number of aromatic hydroxyl groups is 1. The van der Waals surface area contributed by atoms with E-state index in [2.05, 4.69) is 5.32 Å². The van der Waals surface area contributed by atoms with Gasteiger partial charge in [-0.25, -0.2) is 0 Å². The average Bonchev–Trinajstić information content (AvgIpc) is 2.40. The maximum absolute atomic E-state index is 13.3. The highest BCUT2D eigenvalue weighted by Crippen LogP contribution is 2.42. The third-order valence-electron chi connectivity index (χ3n) is 3.36. The van der Waals surface area contributed by atoms with Crippen LogP contribution >= 0.6 is 0 Å². The molecule has 4 nitrogen and oxygen atoms in total. The Morgan fingerprint density at radius 3 is 2.45 bits per heavy atom. The molecule has 1 aromatic carbocycles. The summed E-state index contributed by atoms with van der Waals surface area (Å²) in [5.41, 5.74) is -0.139. The summed E-state index contributed by atoms with van der Waals surface area (Å²) in [5.74, 6) is -0.0716. The van der Waals surface area contributed by atoms with Crippen molar-refractivity contribution in [3.05, 3.63) is 23.8 Å². The first-order valence-corrected chi connectivity index (χ1v) is 6.32. The van der Waals surface area contributed by atoms with Crippen molar-refractivity contribution < 1.29 is 23.0 Å². The summed E-state index contributed by atoms with van der Waals surface area (Å²) >= 11 is 0. The van der Waals surface area contributed by atoms with Crippen molar-refractivity contribution >= 4 is 0 Å². The molecule has 0 spiro atoms. The molecular weight excluding hydrogens is 273 g/mol. The van der Waals surface area contributed by atoms with E-state index in [1.165, 1.54) is 30.2 Å². The fraction of sp³-hybridized carbons (Fsp3) is 0.538. The molecule has 0 saturated carbocycles. The van der Waals surface area contributed by atoms with Crippen LogP contribution in [0.25, 0.3) is 0 Å². The first kappa shape index (κ1) is 14.9. The molecule has 0 aliphatic carbocycles. The lowest BCUT2D eigenvalue weighted by Gasteiger charge is -2.36. The van der Waals surface area contributed by atoms with Crippen molar-refractivity contribution in [3.63, 3.8) is 0 Å². The Balaban J connectivity index is 2.35. The molecule has 1 aliphatic rings. The van der Waals surface area contributed by atoms with Crippen LogP contribution in [-0.2, 0) is 0 Å². The Hall–Kier alpha value is -1.47. The van der Waals surface area contributed by atoms with Crippen LogP contribution in [0.15, 0.2) is 18.2 Å². The number of methoxy groups -OCH3 is 1. The van der Waals surface area contributed by atoms with Crippen LogP contribution in [0.4, 0.5) is 13.2 Å². The van der Waals surface area contributed by atoms with E-state index in [0.29, 0.717) is 18.8 Å². The minimum Gasteiger partial charge on any atom is -0.507 e. The summed E-state index contributed by atoms with van der Waals surface area (Å²) in [5, 5.41) is 12.9. The topological polar surface area (TPSA) is 44.7 Å². The first-order valence-electron chi connectivity index (χ1n) is 6.32. The monoisotopic (exact) mass is 290 g/mol. The third kappa shape index (κ3) is 3.16. The molecule has 1 saturated heterocycles. The lowest BCUT2D eigenvalue weighted by molar-refractivity contribution is -0.188. The number of alkyl halides is 3. The van der Waals surface area contributed by atoms with Crippen LogP contribution in [0, 0.1) is 0 Å². The van der Waals surface area contributed by atoms with Gasteiger partial charge in [-0.05, 0) is 12.1 Å². The number of phenols is 1. The van der Waals surface area contributed by atoms with Crippen LogP contribution in [-0.4, -0.2) is 49.5 Å². The van der Waals surface area contributed by atoms with E-state index in [1.54, 1.807) is 0 Å². The molecule has 0 amide bonds. The number of nitrogens with zero attached hydrogens (tertiary/aromatic N) is 1. The summed E-state index contributed by atoms with van der Waals surface area (Å²) < 4.78 is 44.9. The summed E-state index contributed by atoms with van der Waals surface area (Å²) in [6.07, 6.45) is -4.44. The molecule has 20 heavy (non-hydrogen) atoms. The Labute approximate surface area is 115 Å². The first-order chi connectivity index (χ1) is 9.43. The molecular formula is C13H17F3N2O2. The second-order valence-corrected chi connectivity index (χ2v) is 4.65. The van der Waals surface area contributed by atoms with E-state index in [0.717, 1.165) is 0 Å². The summed E-state index contributed by atoms with van der Waals surface area (Å²) in [6, 6.07) is 2.11. The number of hydrogen-bond donors (Lipinski definition) is 2. The van der Waals surface area contributed by atoms with Gasteiger partial charge in [0, 0.05) is 37.8 Å². The minimum atomic E-state index is -4.44. The molecule has 0 radical (unpaired) electrons. The molecule has 2 N–H and O–H groups in total. The number of benzene rings is 1. The van der Waals surface area contributed by atoms with Gasteiger partial charge < -0.3 is 15.2 Å². The van der Waals surface area contributed by atoms with Crippen molar-refractivity contribution in [1.29, 1.82) is 0 Å². The summed E-state index contributed by atoms with van der Waals surface area (Å²) in [4.78, 5) is 1.33. The second kappa shape index (κ2) is 5.88. The van der Waals surface area contributed by atoms with E-state index >= 15 is 0 Å². The molecule has 7 heteroatoms. The van der Waals surface area contributed by atoms with Gasteiger partial charge in [0.05, 0.1) is 7.11 Å². The van der Waals surface area contributed by atoms with Gasteiger partial charge in [-0.1, -0.05) is 0 Å². The maximum atomic E-state index is 13.3.